The number of aliphatic hydroxyl groups excluding tert-OH is 1. The fourth-order valence-corrected chi connectivity index (χ4v) is 2.62. The summed E-state index contributed by atoms with van der Waals surface area (Å²) >= 11 is 0. The Hall–Kier alpha value is -1.40. The highest BCUT2D eigenvalue weighted by Crippen LogP contribution is 2.45. The van der Waals surface area contributed by atoms with E-state index in [1.807, 2.05) is 0 Å². The van der Waals surface area contributed by atoms with Gasteiger partial charge < -0.3 is 5.11 Å². The number of halogens is 1. The lowest BCUT2D eigenvalue weighted by molar-refractivity contribution is 0.0358. The monoisotopic (exact) mass is 233 g/mol. The maximum absolute atomic E-state index is 13.1. The predicted molar refractivity (Wildman–Crippen MR) is 62.5 cm³/mol. The summed E-state index contributed by atoms with van der Waals surface area (Å²) in [6.45, 7) is 0. The number of nitriles is 1. The van der Waals surface area contributed by atoms with Crippen molar-refractivity contribution < 1.29 is 9.50 Å². The second kappa shape index (κ2) is 4.85. The van der Waals surface area contributed by atoms with Crippen LogP contribution in [0.1, 0.15) is 43.8 Å². The lowest BCUT2D eigenvalue weighted by atomic mass is 9.69. The fourth-order valence-electron chi connectivity index (χ4n) is 2.62. The SMILES string of the molecule is N#CC1(C(O)c2cccc(F)c2)CCCCC1. The first-order valence-electron chi connectivity index (χ1n) is 6.03. The summed E-state index contributed by atoms with van der Waals surface area (Å²) in [5.41, 5.74) is -0.222. The van der Waals surface area contributed by atoms with Gasteiger partial charge in [-0.05, 0) is 30.5 Å². The molecule has 1 aliphatic carbocycles. The quantitative estimate of drug-likeness (QED) is 0.851. The lowest BCUT2D eigenvalue weighted by Crippen LogP contribution is -2.30. The standard InChI is InChI=1S/C14H16FNO/c15-12-6-4-5-11(9-12)13(17)14(10-16)7-2-1-3-8-14/h4-6,9,13,17H,1-3,7-8H2. The third-order valence-electron chi connectivity index (χ3n) is 3.66. The van der Waals surface area contributed by atoms with E-state index in [-0.39, 0.29) is 5.82 Å². The molecule has 1 unspecified atom stereocenters. The molecule has 1 atom stereocenters. The van der Waals surface area contributed by atoms with Gasteiger partial charge in [0.05, 0.1) is 17.6 Å². The molecule has 3 heteroatoms. The number of rotatable bonds is 2. The first-order chi connectivity index (χ1) is 8.18. The highest BCUT2D eigenvalue weighted by Gasteiger charge is 2.40. The number of hydrogen-bond donors (Lipinski definition) is 1. The molecule has 1 saturated carbocycles. The van der Waals surface area contributed by atoms with E-state index in [0.29, 0.717) is 18.4 Å². The van der Waals surface area contributed by atoms with Crippen molar-refractivity contribution in [2.24, 2.45) is 5.41 Å². The summed E-state index contributed by atoms with van der Waals surface area (Å²) in [6, 6.07) is 8.18. The molecule has 2 nitrogen and oxygen atoms in total. The van der Waals surface area contributed by atoms with E-state index in [0.717, 1.165) is 19.3 Å². The van der Waals surface area contributed by atoms with Crippen LogP contribution in [0.15, 0.2) is 24.3 Å². The summed E-state index contributed by atoms with van der Waals surface area (Å²) in [6.07, 6.45) is 3.53. The zero-order valence-corrected chi connectivity index (χ0v) is 9.69. The minimum absolute atomic E-state index is 0.370. The maximum Gasteiger partial charge on any atom is 0.123 e. The van der Waals surface area contributed by atoms with Gasteiger partial charge in [-0.2, -0.15) is 5.26 Å². The molecule has 1 aromatic carbocycles. The molecule has 1 fully saturated rings. The Morgan fingerprint density at radius 3 is 2.59 bits per heavy atom. The molecule has 90 valence electrons. The topological polar surface area (TPSA) is 44.0 Å². The van der Waals surface area contributed by atoms with Crippen molar-refractivity contribution in [3.05, 3.63) is 35.6 Å². The molecule has 0 radical (unpaired) electrons. The number of nitrogens with zero attached hydrogens (tertiary/aromatic N) is 1. The third-order valence-corrected chi connectivity index (χ3v) is 3.66. The third kappa shape index (κ3) is 2.32. The van der Waals surface area contributed by atoms with Crippen LogP contribution in [-0.4, -0.2) is 5.11 Å². The molecule has 2 rings (SSSR count). The van der Waals surface area contributed by atoms with Gasteiger partial charge in [-0.15, -0.1) is 0 Å². The van der Waals surface area contributed by atoms with Crippen molar-refractivity contribution in [3.8, 4) is 6.07 Å². The molecule has 0 aromatic heterocycles. The molecular weight excluding hydrogens is 217 g/mol. The average molecular weight is 233 g/mol. The van der Waals surface area contributed by atoms with Crippen LogP contribution < -0.4 is 0 Å². The van der Waals surface area contributed by atoms with E-state index in [9.17, 15) is 14.8 Å². The number of benzene rings is 1. The Morgan fingerprint density at radius 1 is 1.29 bits per heavy atom. The molecule has 1 aliphatic rings. The first kappa shape index (κ1) is 12.1. The summed E-state index contributed by atoms with van der Waals surface area (Å²) in [7, 11) is 0. The van der Waals surface area contributed by atoms with Crippen molar-refractivity contribution >= 4 is 0 Å². The van der Waals surface area contributed by atoms with Crippen molar-refractivity contribution in [1.82, 2.24) is 0 Å². The minimum Gasteiger partial charge on any atom is -0.387 e. The van der Waals surface area contributed by atoms with E-state index in [4.69, 9.17) is 0 Å². The van der Waals surface area contributed by atoms with E-state index in [2.05, 4.69) is 6.07 Å². The van der Waals surface area contributed by atoms with Crippen molar-refractivity contribution in [2.75, 3.05) is 0 Å². The number of hydrogen-bond acceptors (Lipinski definition) is 2. The van der Waals surface area contributed by atoms with Gasteiger partial charge >= 0.3 is 0 Å². The van der Waals surface area contributed by atoms with Crippen LogP contribution >= 0.6 is 0 Å². The van der Waals surface area contributed by atoms with Gasteiger partial charge in [-0.25, -0.2) is 4.39 Å². The first-order valence-corrected chi connectivity index (χ1v) is 6.03. The Bertz CT molecular complexity index is 432. The van der Waals surface area contributed by atoms with E-state index in [1.54, 1.807) is 12.1 Å². The van der Waals surface area contributed by atoms with Gasteiger partial charge in [-0.1, -0.05) is 31.4 Å². The number of aliphatic hydroxyl groups is 1. The zero-order valence-electron chi connectivity index (χ0n) is 9.69. The average Bonchev–Trinajstić information content (AvgIpc) is 2.38. The van der Waals surface area contributed by atoms with Crippen LogP contribution in [0.3, 0.4) is 0 Å². The van der Waals surface area contributed by atoms with Crippen molar-refractivity contribution in [1.29, 1.82) is 5.26 Å². The highest BCUT2D eigenvalue weighted by atomic mass is 19.1. The second-order valence-corrected chi connectivity index (χ2v) is 4.79. The summed E-state index contributed by atoms with van der Waals surface area (Å²) < 4.78 is 13.1. The van der Waals surface area contributed by atoms with Crippen LogP contribution in [0.5, 0.6) is 0 Å². The molecule has 17 heavy (non-hydrogen) atoms. The Balaban J connectivity index is 2.29. The maximum atomic E-state index is 13.1. The summed E-state index contributed by atoms with van der Waals surface area (Å²) in [5.74, 6) is -0.370. The lowest BCUT2D eigenvalue weighted by Gasteiger charge is -2.35. The molecule has 0 saturated heterocycles. The molecule has 0 spiro atoms. The van der Waals surface area contributed by atoms with Gasteiger partial charge in [0.15, 0.2) is 0 Å². The fraction of sp³-hybridized carbons (Fsp3) is 0.500. The summed E-state index contributed by atoms with van der Waals surface area (Å²) in [5, 5.41) is 19.7. The Kier molecular flexibility index (Phi) is 3.44. The van der Waals surface area contributed by atoms with Crippen LogP contribution in [0.4, 0.5) is 4.39 Å². The van der Waals surface area contributed by atoms with Crippen LogP contribution in [0, 0.1) is 22.6 Å². The molecule has 0 aliphatic heterocycles. The van der Waals surface area contributed by atoms with Gasteiger partial charge in [-0.3, -0.25) is 0 Å². The smallest absolute Gasteiger partial charge is 0.123 e. The highest BCUT2D eigenvalue weighted by molar-refractivity contribution is 5.24. The molecule has 1 N–H and O–H groups in total. The van der Waals surface area contributed by atoms with E-state index < -0.39 is 11.5 Å². The predicted octanol–water partition coefficient (Wildman–Crippen LogP) is 3.33. The van der Waals surface area contributed by atoms with Gasteiger partial charge in [0, 0.05) is 0 Å². The van der Waals surface area contributed by atoms with Crippen LogP contribution in [-0.2, 0) is 0 Å². The molecule has 0 heterocycles. The Labute approximate surface area is 101 Å². The Morgan fingerprint density at radius 2 is 2.00 bits per heavy atom. The van der Waals surface area contributed by atoms with Crippen LogP contribution in [0.25, 0.3) is 0 Å². The second-order valence-electron chi connectivity index (χ2n) is 4.79. The van der Waals surface area contributed by atoms with Crippen molar-refractivity contribution in [2.45, 2.75) is 38.2 Å². The molecule has 1 aromatic rings. The van der Waals surface area contributed by atoms with Crippen LogP contribution in [0.2, 0.25) is 0 Å². The van der Waals surface area contributed by atoms with Gasteiger partial charge in [0.25, 0.3) is 0 Å². The largest absolute Gasteiger partial charge is 0.387 e. The molecule has 0 amide bonds. The zero-order chi connectivity index (χ0) is 12.3. The molecular formula is C14H16FNO. The van der Waals surface area contributed by atoms with E-state index >= 15 is 0 Å². The molecule has 0 bridgehead atoms. The van der Waals surface area contributed by atoms with Crippen molar-refractivity contribution in [3.63, 3.8) is 0 Å². The normalized spacial score (nSPS) is 20.5. The van der Waals surface area contributed by atoms with E-state index in [1.165, 1.54) is 12.1 Å². The van der Waals surface area contributed by atoms with Gasteiger partial charge in [0.2, 0.25) is 0 Å². The summed E-state index contributed by atoms with van der Waals surface area (Å²) in [4.78, 5) is 0. The van der Waals surface area contributed by atoms with Gasteiger partial charge in [0.1, 0.15) is 5.82 Å². The minimum atomic E-state index is -0.886.